The summed E-state index contributed by atoms with van der Waals surface area (Å²) in [5.41, 5.74) is 0.641. The minimum atomic E-state index is -1.68. The van der Waals surface area contributed by atoms with Crippen LogP contribution in [0.5, 0.6) is 11.5 Å². The summed E-state index contributed by atoms with van der Waals surface area (Å²) in [6, 6.07) is 4.57. The zero-order valence-corrected chi connectivity index (χ0v) is 19.3. The molecule has 2 saturated heterocycles. The molecule has 0 radical (unpaired) electrons. The van der Waals surface area contributed by atoms with Gasteiger partial charge in [0.15, 0.2) is 24.1 Å². The van der Waals surface area contributed by atoms with Crippen LogP contribution in [-0.2, 0) is 25.4 Å². The van der Waals surface area contributed by atoms with Gasteiger partial charge in [0, 0.05) is 6.42 Å². The number of benzene rings is 1. The number of hydrogen-bond donors (Lipinski definition) is 8. The average Bonchev–Trinajstić information content (AvgIpc) is 2.85. The molecule has 2 aliphatic rings. The maximum absolute atomic E-state index is 10.4. The Morgan fingerprint density at radius 1 is 0.886 bits per heavy atom. The van der Waals surface area contributed by atoms with E-state index in [1.807, 2.05) is 0 Å². The molecule has 0 unspecified atom stereocenters. The highest BCUT2D eigenvalue weighted by molar-refractivity contribution is 5.41. The van der Waals surface area contributed by atoms with E-state index in [0.29, 0.717) is 5.56 Å². The number of aliphatic hydroxyl groups is 7. The van der Waals surface area contributed by atoms with Crippen molar-refractivity contribution in [3.05, 3.63) is 23.8 Å². The minimum Gasteiger partial charge on any atom is -0.504 e. The summed E-state index contributed by atoms with van der Waals surface area (Å²) in [7, 11) is 1.39. The number of phenols is 1. The number of aliphatic hydroxyl groups excluding tert-OH is 7. The van der Waals surface area contributed by atoms with Crippen LogP contribution in [0.3, 0.4) is 0 Å². The predicted molar refractivity (Wildman–Crippen MR) is 115 cm³/mol. The number of rotatable bonds is 9. The molecule has 11 atom stereocenters. The van der Waals surface area contributed by atoms with Crippen molar-refractivity contribution in [1.29, 1.82) is 0 Å². The lowest BCUT2D eigenvalue weighted by Crippen LogP contribution is -2.61. The van der Waals surface area contributed by atoms with E-state index in [1.54, 1.807) is 12.1 Å². The van der Waals surface area contributed by atoms with Crippen LogP contribution in [-0.4, -0.2) is 129 Å². The van der Waals surface area contributed by atoms with Crippen molar-refractivity contribution < 1.29 is 64.5 Å². The number of ether oxygens (including phenoxy) is 5. The van der Waals surface area contributed by atoms with Crippen LogP contribution in [0.4, 0.5) is 0 Å². The first-order valence-corrected chi connectivity index (χ1v) is 11.2. The summed E-state index contributed by atoms with van der Waals surface area (Å²) in [5, 5.41) is 80.3. The molecule has 35 heavy (non-hydrogen) atoms. The standard InChI is InChI=1S/C22H34O13/c1-9-15(25)17(27)19(29)21(33-9)32-8-14-16(26)18(28)20(30)22(35-14)34-11(7-23)5-10-3-4-12(24)13(6-10)31-2/h3-4,6,9,11,14-30H,5,7-8H2,1-2H3/t9-,11+,14+,15-,16+,17+,18-,19+,20+,21+,22+/m0/s1. The highest BCUT2D eigenvalue weighted by Gasteiger charge is 2.47. The van der Waals surface area contributed by atoms with E-state index < -0.39 is 80.7 Å². The monoisotopic (exact) mass is 506 g/mol. The summed E-state index contributed by atoms with van der Waals surface area (Å²) < 4.78 is 27.1. The first-order valence-electron chi connectivity index (χ1n) is 11.2. The summed E-state index contributed by atoms with van der Waals surface area (Å²) >= 11 is 0. The number of methoxy groups -OCH3 is 1. The molecule has 13 nitrogen and oxygen atoms in total. The molecule has 0 amide bonds. The molecule has 2 heterocycles. The Hall–Kier alpha value is -1.62. The molecule has 0 saturated carbocycles. The molecule has 0 aromatic heterocycles. The van der Waals surface area contributed by atoms with E-state index in [0.717, 1.165) is 0 Å². The summed E-state index contributed by atoms with van der Waals surface area (Å²) in [5.74, 6) is 0.162. The van der Waals surface area contributed by atoms with Gasteiger partial charge in [-0.05, 0) is 24.6 Å². The third-order valence-electron chi connectivity index (χ3n) is 6.14. The Bertz CT molecular complexity index is 810. The first-order chi connectivity index (χ1) is 16.6. The maximum Gasteiger partial charge on any atom is 0.187 e. The Morgan fingerprint density at radius 3 is 2.20 bits per heavy atom. The summed E-state index contributed by atoms with van der Waals surface area (Å²) in [6.07, 6.45) is -15.0. The van der Waals surface area contributed by atoms with Gasteiger partial charge in [-0.2, -0.15) is 0 Å². The van der Waals surface area contributed by atoms with Crippen molar-refractivity contribution in [3.8, 4) is 11.5 Å². The molecule has 2 aliphatic heterocycles. The van der Waals surface area contributed by atoms with E-state index in [-0.39, 0.29) is 17.9 Å². The molecule has 0 aliphatic carbocycles. The van der Waals surface area contributed by atoms with Gasteiger partial charge < -0.3 is 64.5 Å². The van der Waals surface area contributed by atoms with Gasteiger partial charge in [-0.25, -0.2) is 0 Å². The molecular formula is C22H34O13. The van der Waals surface area contributed by atoms with Crippen LogP contribution in [0.2, 0.25) is 0 Å². The first kappa shape index (κ1) is 28.0. The van der Waals surface area contributed by atoms with Crippen molar-refractivity contribution in [1.82, 2.24) is 0 Å². The Labute approximate surface area is 201 Å². The quantitative estimate of drug-likeness (QED) is 0.168. The molecule has 0 spiro atoms. The average molecular weight is 507 g/mol. The van der Waals surface area contributed by atoms with E-state index in [4.69, 9.17) is 23.7 Å². The number of aromatic hydroxyl groups is 1. The Balaban J connectivity index is 1.63. The molecule has 2 fully saturated rings. The van der Waals surface area contributed by atoms with Crippen LogP contribution >= 0.6 is 0 Å². The molecule has 200 valence electrons. The highest BCUT2D eigenvalue weighted by Crippen LogP contribution is 2.29. The van der Waals surface area contributed by atoms with Crippen LogP contribution < -0.4 is 4.74 Å². The van der Waals surface area contributed by atoms with E-state index in [1.165, 1.54) is 20.1 Å². The third kappa shape index (κ3) is 6.39. The molecule has 0 bridgehead atoms. The maximum atomic E-state index is 10.4. The van der Waals surface area contributed by atoms with Gasteiger partial charge in [-0.3, -0.25) is 0 Å². The largest absolute Gasteiger partial charge is 0.504 e. The lowest BCUT2D eigenvalue weighted by Gasteiger charge is -2.43. The van der Waals surface area contributed by atoms with Crippen LogP contribution in [0.15, 0.2) is 18.2 Å². The second-order valence-corrected chi connectivity index (χ2v) is 8.68. The summed E-state index contributed by atoms with van der Waals surface area (Å²) in [4.78, 5) is 0. The molecule has 1 aromatic rings. The number of hydrogen-bond acceptors (Lipinski definition) is 13. The third-order valence-corrected chi connectivity index (χ3v) is 6.14. The predicted octanol–water partition coefficient (Wildman–Crippen LogP) is -3.03. The van der Waals surface area contributed by atoms with Crippen LogP contribution in [0.1, 0.15) is 12.5 Å². The fourth-order valence-electron chi connectivity index (χ4n) is 3.96. The topological polar surface area (TPSA) is 208 Å². The minimum absolute atomic E-state index is 0.0628. The lowest BCUT2D eigenvalue weighted by molar-refractivity contribution is -0.334. The zero-order valence-electron chi connectivity index (χ0n) is 19.3. The van der Waals surface area contributed by atoms with Crippen molar-refractivity contribution >= 4 is 0 Å². The van der Waals surface area contributed by atoms with Gasteiger partial charge in [0.1, 0.15) is 42.7 Å². The van der Waals surface area contributed by atoms with E-state index >= 15 is 0 Å². The van der Waals surface area contributed by atoms with Crippen LogP contribution in [0.25, 0.3) is 0 Å². The fourth-order valence-corrected chi connectivity index (χ4v) is 3.96. The van der Waals surface area contributed by atoms with Gasteiger partial charge in [0.2, 0.25) is 0 Å². The van der Waals surface area contributed by atoms with Gasteiger partial charge in [-0.1, -0.05) is 6.07 Å². The smallest absolute Gasteiger partial charge is 0.187 e. The van der Waals surface area contributed by atoms with Gasteiger partial charge in [0.05, 0.1) is 32.5 Å². The summed E-state index contributed by atoms with van der Waals surface area (Å²) in [6.45, 7) is 0.571. The lowest BCUT2D eigenvalue weighted by atomic mass is 9.98. The van der Waals surface area contributed by atoms with Crippen molar-refractivity contribution in [3.63, 3.8) is 0 Å². The van der Waals surface area contributed by atoms with Gasteiger partial charge in [0.25, 0.3) is 0 Å². The Kier molecular flexibility index (Phi) is 9.65. The molecule has 13 heteroatoms. The van der Waals surface area contributed by atoms with E-state index in [9.17, 15) is 40.9 Å². The van der Waals surface area contributed by atoms with E-state index in [2.05, 4.69) is 0 Å². The van der Waals surface area contributed by atoms with Crippen LogP contribution in [0, 0.1) is 0 Å². The fraction of sp³-hybridized carbons (Fsp3) is 0.727. The second kappa shape index (κ2) is 12.1. The van der Waals surface area contributed by atoms with Gasteiger partial charge >= 0.3 is 0 Å². The number of phenolic OH excluding ortho intramolecular Hbond substituents is 1. The Morgan fingerprint density at radius 2 is 1.54 bits per heavy atom. The van der Waals surface area contributed by atoms with Crippen molar-refractivity contribution in [2.45, 2.75) is 80.9 Å². The second-order valence-electron chi connectivity index (χ2n) is 8.68. The normalized spacial score (nSPS) is 38.8. The SMILES string of the molecule is COc1cc(C[C@H](CO)O[C@@H]2O[C@H](CO[C@@H]3O[C@@H](C)[C@H](O)[C@@H](O)[C@H]3O)[C@@H](O)[C@H](O)[C@H]2O)ccc1O. The molecule has 8 N–H and O–H groups in total. The molecule has 3 rings (SSSR count). The van der Waals surface area contributed by atoms with Crippen molar-refractivity contribution in [2.24, 2.45) is 0 Å². The van der Waals surface area contributed by atoms with Crippen molar-refractivity contribution in [2.75, 3.05) is 20.3 Å². The zero-order chi connectivity index (χ0) is 25.9. The molecule has 1 aromatic carbocycles. The highest BCUT2D eigenvalue weighted by atomic mass is 16.7. The van der Waals surface area contributed by atoms with Gasteiger partial charge in [-0.15, -0.1) is 0 Å². The molecular weight excluding hydrogens is 472 g/mol.